The molecule has 0 amide bonds. The number of hydrazone groups is 1. The molecule has 0 saturated heterocycles. The Morgan fingerprint density at radius 2 is 2.18 bits per heavy atom. The average Bonchev–Trinajstić information content (AvgIpc) is 2.57. The number of aliphatic hydroxyl groups is 3. The Bertz CT molecular complexity index is 382. The van der Waals surface area contributed by atoms with Crippen molar-refractivity contribution in [3.8, 4) is 0 Å². The van der Waals surface area contributed by atoms with Crippen LogP contribution in [0.15, 0.2) is 22.5 Å². The third-order valence-corrected chi connectivity index (χ3v) is 3.16. The van der Waals surface area contributed by atoms with Gasteiger partial charge < -0.3 is 21.1 Å². The van der Waals surface area contributed by atoms with Crippen LogP contribution < -0.4 is 5.73 Å². The molecule has 17 heavy (non-hydrogen) atoms. The molecule has 1 aliphatic carbocycles. The predicted octanol–water partition coefficient (Wildman–Crippen LogP) is -1.78. The van der Waals surface area contributed by atoms with E-state index < -0.39 is 18.2 Å². The van der Waals surface area contributed by atoms with Gasteiger partial charge in [0, 0.05) is 12.5 Å². The molecule has 0 aromatic heterocycles. The number of nitrogens with two attached hydrogens (primary N) is 1. The summed E-state index contributed by atoms with van der Waals surface area (Å²) in [6.07, 6.45) is -0.170. The number of aliphatic imine (C=N–C) groups is 1. The number of hydrogen-bond donors (Lipinski definition) is 4. The zero-order valence-corrected chi connectivity index (χ0v) is 9.27. The predicted molar refractivity (Wildman–Crippen MR) is 62.1 cm³/mol. The molecule has 1 saturated carbocycles. The van der Waals surface area contributed by atoms with E-state index in [0.717, 1.165) is 0 Å². The van der Waals surface area contributed by atoms with E-state index in [2.05, 4.69) is 16.7 Å². The van der Waals surface area contributed by atoms with Crippen LogP contribution in [-0.2, 0) is 0 Å². The Hall–Kier alpha value is -1.44. The van der Waals surface area contributed by atoms with Gasteiger partial charge in [0.1, 0.15) is 17.8 Å². The van der Waals surface area contributed by atoms with Crippen LogP contribution in [0.1, 0.15) is 6.42 Å². The standard InChI is InChI=1S/C10H16N4O3/c1-5-13-8(11)3-12-14(5)7-2-6(4-15)9(16)10(7)17/h3,6-7,9-10,15-17H,1-2,4H2,(H2,11,13)/t6-,7-,9+,10?/m1/s1. The molecular formula is C10H16N4O3. The van der Waals surface area contributed by atoms with Crippen LogP contribution in [0.5, 0.6) is 0 Å². The molecule has 7 nitrogen and oxygen atoms in total. The molecular weight excluding hydrogens is 224 g/mol. The third-order valence-electron chi connectivity index (χ3n) is 3.16. The van der Waals surface area contributed by atoms with Gasteiger partial charge in [-0.3, -0.25) is 0 Å². The number of rotatable bonds is 2. The monoisotopic (exact) mass is 240 g/mol. The maximum absolute atomic E-state index is 9.90. The molecule has 0 spiro atoms. The summed E-state index contributed by atoms with van der Waals surface area (Å²) < 4.78 is 0. The van der Waals surface area contributed by atoms with E-state index >= 15 is 0 Å². The number of nitrogens with zero attached hydrogens (tertiary/aromatic N) is 3. The van der Waals surface area contributed by atoms with Gasteiger partial charge in [-0.05, 0) is 6.42 Å². The van der Waals surface area contributed by atoms with Gasteiger partial charge in [0.15, 0.2) is 0 Å². The second kappa shape index (κ2) is 4.44. The number of aliphatic hydroxyl groups excluding tert-OH is 3. The highest BCUT2D eigenvalue weighted by molar-refractivity contribution is 6.29. The van der Waals surface area contributed by atoms with Crippen LogP contribution in [-0.4, -0.2) is 57.2 Å². The van der Waals surface area contributed by atoms with E-state index in [0.29, 0.717) is 12.2 Å². The molecule has 4 atom stereocenters. The lowest BCUT2D eigenvalue weighted by Gasteiger charge is -2.29. The minimum absolute atomic E-state index is 0.176. The highest BCUT2D eigenvalue weighted by Crippen LogP contribution is 2.32. The topological polar surface area (TPSA) is 115 Å². The van der Waals surface area contributed by atoms with Crippen LogP contribution in [0.3, 0.4) is 0 Å². The third kappa shape index (κ3) is 2.04. The van der Waals surface area contributed by atoms with Crippen LogP contribution in [0.2, 0.25) is 0 Å². The van der Waals surface area contributed by atoms with E-state index in [1.807, 2.05) is 0 Å². The van der Waals surface area contributed by atoms with Crippen molar-refractivity contribution in [2.45, 2.75) is 24.7 Å². The molecule has 7 heteroatoms. The molecule has 0 radical (unpaired) electrons. The first kappa shape index (κ1) is 12.0. The van der Waals surface area contributed by atoms with Gasteiger partial charge in [-0.1, -0.05) is 6.58 Å². The molecule has 94 valence electrons. The Balaban J connectivity index is 2.15. The minimum Gasteiger partial charge on any atom is -0.396 e. The molecule has 1 aliphatic heterocycles. The summed E-state index contributed by atoms with van der Waals surface area (Å²) in [7, 11) is 0. The molecule has 1 unspecified atom stereocenters. The fourth-order valence-electron chi connectivity index (χ4n) is 2.22. The first-order chi connectivity index (χ1) is 8.04. The lowest BCUT2D eigenvalue weighted by molar-refractivity contribution is -0.0129. The molecule has 1 fully saturated rings. The van der Waals surface area contributed by atoms with Gasteiger partial charge in [0.25, 0.3) is 0 Å². The molecule has 5 N–H and O–H groups in total. The number of hydrogen-bond acceptors (Lipinski definition) is 7. The Morgan fingerprint density at radius 1 is 1.47 bits per heavy atom. The summed E-state index contributed by atoms with van der Waals surface area (Å²) in [6, 6.07) is -0.442. The highest BCUT2D eigenvalue weighted by atomic mass is 16.3. The second-order valence-corrected chi connectivity index (χ2v) is 4.27. The van der Waals surface area contributed by atoms with Gasteiger partial charge in [-0.15, -0.1) is 0 Å². The summed E-state index contributed by atoms with van der Waals surface area (Å²) in [5, 5.41) is 34.2. The van der Waals surface area contributed by atoms with Crippen molar-refractivity contribution in [2.75, 3.05) is 6.61 Å². The summed E-state index contributed by atoms with van der Waals surface area (Å²) in [5.41, 5.74) is 5.46. The smallest absolute Gasteiger partial charge is 0.146 e. The van der Waals surface area contributed by atoms with Crippen LogP contribution in [0, 0.1) is 5.92 Å². The van der Waals surface area contributed by atoms with Crippen LogP contribution in [0.4, 0.5) is 0 Å². The van der Waals surface area contributed by atoms with E-state index in [1.165, 1.54) is 11.2 Å². The number of amidine groups is 1. The van der Waals surface area contributed by atoms with E-state index in [1.54, 1.807) is 0 Å². The highest BCUT2D eigenvalue weighted by Gasteiger charge is 2.44. The zero-order chi connectivity index (χ0) is 12.6. The van der Waals surface area contributed by atoms with Crippen molar-refractivity contribution in [1.29, 1.82) is 0 Å². The van der Waals surface area contributed by atoms with Gasteiger partial charge in [0.2, 0.25) is 0 Å². The first-order valence-corrected chi connectivity index (χ1v) is 5.38. The van der Waals surface area contributed by atoms with Crippen molar-refractivity contribution in [3.63, 3.8) is 0 Å². The minimum atomic E-state index is -0.990. The summed E-state index contributed by atoms with van der Waals surface area (Å²) in [4.78, 5) is 3.94. The largest absolute Gasteiger partial charge is 0.396 e. The maximum Gasteiger partial charge on any atom is 0.146 e. The van der Waals surface area contributed by atoms with E-state index in [9.17, 15) is 10.2 Å². The molecule has 0 bridgehead atoms. The fourth-order valence-corrected chi connectivity index (χ4v) is 2.22. The van der Waals surface area contributed by atoms with Gasteiger partial charge in [-0.25, -0.2) is 10.0 Å². The van der Waals surface area contributed by atoms with Crippen molar-refractivity contribution >= 4 is 12.1 Å². The van der Waals surface area contributed by atoms with Crippen LogP contribution >= 0.6 is 0 Å². The maximum atomic E-state index is 9.90. The fraction of sp³-hybridized carbons (Fsp3) is 0.600. The second-order valence-electron chi connectivity index (χ2n) is 4.27. The summed E-state index contributed by atoms with van der Waals surface area (Å²) in [6.45, 7) is 3.51. The molecule has 0 aromatic rings. The normalized spacial score (nSPS) is 37.5. The van der Waals surface area contributed by atoms with E-state index in [4.69, 9.17) is 10.8 Å². The molecule has 0 aromatic carbocycles. The Kier molecular flexibility index (Phi) is 3.14. The van der Waals surface area contributed by atoms with E-state index in [-0.39, 0.29) is 18.4 Å². The van der Waals surface area contributed by atoms with Gasteiger partial charge in [-0.2, -0.15) is 5.10 Å². The summed E-state index contributed by atoms with van der Waals surface area (Å²) in [5.74, 6) is 0.207. The van der Waals surface area contributed by atoms with Crippen molar-refractivity contribution in [1.82, 2.24) is 5.01 Å². The van der Waals surface area contributed by atoms with Crippen molar-refractivity contribution in [2.24, 2.45) is 21.7 Å². The van der Waals surface area contributed by atoms with Crippen molar-refractivity contribution < 1.29 is 15.3 Å². The molecule has 1 heterocycles. The quantitative estimate of drug-likeness (QED) is 0.455. The lowest BCUT2D eigenvalue weighted by atomic mass is 10.1. The molecule has 2 rings (SSSR count). The Morgan fingerprint density at radius 3 is 2.71 bits per heavy atom. The van der Waals surface area contributed by atoms with Gasteiger partial charge >= 0.3 is 0 Å². The average molecular weight is 240 g/mol. The van der Waals surface area contributed by atoms with Crippen molar-refractivity contribution in [3.05, 3.63) is 12.4 Å². The summed E-state index contributed by atoms with van der Waals surface area (Å²) >= 11 is 0. The molecule has 2 aliphatic rings. The Labute approximate surface area is 98.6 Å². The first-order valence-electron chi connectivity index (χ1n) is 5.38. The van der Waals surface area contributed by atoms with Crippen LogP contribution in [0.25, 0.3) is 0 Å². The van der Waals surface area contributed by atoms with Gasteiger partial charge in [0.05, 0.1) is 18.4 Å². The SMILES string of the molecule is C=C1N=C(N)C=NN1[C@@H]1C[C@H](CO)[C@H](O)C1O. The zero-order valence-electron chi connectivity index (χ0n) is 9.27. The lowest BCUT2D eigenvalue weighted by Crippen LogP contribution is -2.41.